The van der Waals surface area contributed by atoms with Crippen molar-refractivity contribution in [3.8, 4) is 0 Å². The highest BCUT2D eigenvalue weighted by molar-refractivity contribution is 5.89. The molecule has 1 atom stereocenters. The van der Waals surface area contributed by atoms with Gasteiger partial charge < -0.3 is 14.9 Å². The second-order valence-electron chi connectivity index (χ2n) is 6.35. The minimum atomic E-state index is -0.811. The molecule has 2 saturated heterocycles. The number of aliphatic carboxylic acids is 1. The van der Waals surface area contributed by atoms with E-state index in [9.17, 15) is 14.4 Å². The molecule has 1 N–H and O–H groups in total. The zero-order chi connectivity index (χ0) is 14.3. The number of rotatable bonds is 5. The maximum atomic E-state index is 12.3. The van der Waals surface area contributed by atoms with E-state index in [2.05, 4.69) is 0 Å². The van der Waals surface area contributed by atoms with Gasteiger partial charge in [0.25, 0.3) is 0 Å². The third-order valence-electron chi connectivity index (χ3n) is 4.47. The van der Waals surface area contributed by atoms with E-state index in [1.54, 1.807) is 4.90 Å². The lowest BCUT2D eigenvalue weighted by atomic mass is 9.94. The molecule has 6 heteroatoms. The smallest absolute Gasteiger partial charge is 0.303 e. The summed E-state index contributed by atoms with van der Waals surface area (Å²) in [5.41, 5.74) is 0. The Morgan fingerprint density at radius 2 is 1.85 bits per heavy atom. The molecule has 0 bridgehead atoms. The standard InChI is InChI=1S/C14H20N2O4/c17-12-4-11(8-15(12)5-9-1-2-9)14(20)16-6-10(7-16)3-13(18)19/h9-11H,1-8H2,(H,18,19). The predicted octanol–water partition coefficient (Wildman–Crippen LogP) is 0.178. The van der Waals surface area contributed by atoms with Crippen molar-refractivity contribution in [2.75, 3.05) is 26.2 Å². The lowest BCUT2D eigenvalue weighted by molar-refractivity contribution is -0.147. The highest BCUT2D eigenvalue weighted by Crippen LogP contribution is 2.33. The molecule has 1 unspecified atom stereocenters. The minimum Gasteiger partial charge on any atom is -0.481 e. The molecule has 1 aliphatic carbocycles. The van der Waals surface area contributed by atoms with Crippen molar-refractivity contribution >= 4 is 17.8 Å². The molecule has 0 aromatic rings. The second-order valence-corrected chi connectivity index (χ2v) is 6.35. The van der Waals surface area contributed by atoms with Gasteiger partial charge in [0.15, 0.2) is 0 Å². The third-order valence-corrected chi connectivity index (χ3v) is 4.47. The van der Waals surface area contributed by atoms with E-state index >= 15 is 0 Å². The van der Waals surface area contributed by atoms with E-state index in [0.29, 0.717) is 32.0 Å². The molecule has 0 radical (unpaired) electrons. The summed E-state index contributed by atoms with van der Waals surface area (Å²) in [4.78, 5) is 38.2. The zero-order valence-electron chi connectivity index (χ0n) is 11.5. The van der Waals surface area contributed by atoms with Gasteiger partial charge in [0.05, 0.1) is 12.3 Å². The summed E-state index contributed by atoms with van der Waals surface area (Å²) >= 11 is 0. The number of carboxylic acid groups (broad SMARTS) is 1. The molecule has 2 aliphatic heterocycles. The normalized spacial score (nSPS) is 26.8. The lowest BCUT2D eigenvalue weighted by Gasteiger charge is -2.39. The number of hydrogen-bond acceptors (Lipinski definition) is 3. The van der Waals surface area contributed by atoms with Gasteiger partial charge in [0, 0.05) is 38.5 Å². The average molecular weight is 280 g/mol. The summed E-state index contributed by atoms with van der Waals surface area (Å²) < 4.78 is 0. The Balaban J connectivity index is 1.46. The van der Waals surface area contributed by atoms with Crippen LogP contribution in [0.5, 0.6) is 0 Å². The first kappa shape index (κ1) is 13.4. The molecule has 1 saturated carbocycles. The summed E-state index contributed by atoms with van der Waals surface area (Å²) in [6, 6.07) is 0. The summed E-state index contributed by atoms with van der Waals surface area (Å²) in [5.74, 6) is -0.176. The summed E-state index contributed by atoms with van der Waals surface area (Å²) in [5, 5.41) is 8.69. The van der Waals surface area contributed by atoms with E-state index < -0.39 is 5.97 Å². The fourth-order valence-electron chi connectivity index (χ4n) is 3.11. The monoisotopic (exact) mass is 280 g/mol. The van der Waals surface area contributed by atoms with E-state index in [1.165, 1.54) is 12.8 Å². The van der Waals surface area contributed by atoms with Gasteiger partial charge >= 0.3 is 5.97 Å². The van der Waals surface area contributed by atoms with Gasteiger partial charge in [0.1, 0.15) is 0 Å². The lowest BCUT2D eigenvalue weighted by Crippen LogP contribution is -2.52. The molecule has 3 aliphatic rings. The van der Waals surface area contributed by atoms with Crippen LogP contribution in [0.1, 0.15) is 25.7 Å². The molecule has 110 valence electrons. The van der Waals surface area contributed by atoms with Crippen LogP contribution in [0.15, 0.2) is 0 Å². The topological polar surface area (TPSA) is 77.9 Å². The maximum Gasteiger partial charge on any atom is 0.303 e. The first-order chi connectivity index (χ1) is 9.52. The first-order valence-electron chi connectivity index (χ1n) is 7.31. The number of carboxylic acids is 1. The van der Waals surface area contributed by atoms with Crippen LogP contribution >= 0.6 is 0 Å². The Hall–Kier alpha value is -1.59. The number of nitrogens with zero attached hydrogens (tertiary/aromatic N) is 2. The summed E-state index contributed by atoms with van der Waals surface area (Å²) in [6.07, 6.45) is 2.85. The van der Waals surface area contributed by atoms with Gasteiger partial charge in [-0.3, -0.25) is 14.4 Å². The fourth-order valence-corrected chi connectivity index (χ4v) is 3.11. The maximum absolute atomic E-state index is 12.3. The Morgan fingerprint density at radius 1 is 1.15 bits per heavy atom. The molecule has 6 nitrogen and oxygen atoms in total. The molecule has 0 aromatic heterocycles. The van der Waals surface area contributed by atoms with Crippen LogP contribution in [0.25, 0.3) is 0 Å². The predicted molar refractivity (Wildman–Crippen MR) is 69.7 cm³/mol. The quantitative estimate of drug-likeness (QED) is 0.779. The SMILES string of the molecule is O=C(O)CC1CN(C(=O)C2CC(=O)N(CC3CC3)C2)C1. The van der Waals surface area contributed by atoms with Crippen molar-refractivity contribution in [3.63, 3.8) is 0 Å². The number of carbonyl (C=O) groups excluding carboxylic acids is 2. The summed E-state index contributed by atoms with van der Waals surface area (Å²) in [6.45, 7) is 2.41. The van der Waals surface area contributed by atoms with Gasteiger partial charge in [-0.1, -0.05) is 0 Å². The molecule has 0 aromatic carbocycles. The van der Waals surface area contributed by atoms with Gasteiger partial charge in [-0.15, -0.1) is 0 Å². The molecule has 2 heterocycles. The molecule has 20 heavy (non-hydrogen) atoms. The van der Waals surface area contributed by atoms with Crippen molar-refractivity contribution in [1.29, 1.82) is 0 Å². The highest BCUT2D eigenvalue weighted by atomic mass is 16.4. The fraction of sp³-hybridized carbons (Fsp3) is 0.786. The Bertz CT molecular complexity index is 440. The minimum absolute atomic E-state index is 0.0262. The number of likely N-dealkylation sites (tertiary alicyclic amines) is 2. The Morgan fingerprint density at radius 3 is 2.45 bits per heavy atom. The van der Waals surface area contributed by atoms with Gasteiger partial charge in [0.2, 0.25) is 11.8 Å². The van der Waals surface area contributed by atoms with Gasteiger partial charge in [-0.05, 0) is 18.8 Å². The largest absolute Gasteiger partial charge is 0.481 e. The van der Waals surface area contributed by atoms with Gasteiger partial charge in [-0.25, -0.2) is 0 Å². The van der Waals surface area contributed by atoms with E-state index in [1.807, 2.05) is 4.90 Å². The molecule has 0 spiro atoms. The van der Waals surface area contributed by atoms with Crippen molar-refractivity contribution in [1.82, 2.24) is 9.80 Å². The van der Waals surface area contributed by atoms with E-state index in [-0.39, 0.29) is 30.1 Å². The number of carbonyl (C=O) groups is 3. The van der Waals surface area contributed by atoms with Crippen molar-refractivity contribution in [2.45, 2.75) is 25.7 Å². The van der Waals surface area contributed by atoms with Crippen LogP contribution in [0.2, 0.25) is 0 Å². The molecular weight excluding hydrogens is 260 g/mol. The highest BCUT2D eigenvalue weighted by Gasteiger charge is 2.41. The number of hydrogen-bond donors (Lipinski definition) is 1. The van der Waals surface area contributed by atoms with Crippen LogP contribution < -0.4 is 0 Å². The van der Waals surface area contributed by atoms with Crippen molar-refractivity contribution < 1.29 is 19.5 Å². The van der Waals surface area contributed by atoms with Crippen LogP contribution in [0, 0.1) is 17.8 Å². The Kier molecular flexibility index (Phi) is 3.40. The molecular formula is C14H20N2O4. The Labute approximate surface area is 117 Å². The summed E-state index contributed by atoms with van der Waals surface area (Å²) in [7, 11) is 0. The number of amides is 2. The van der Waals surface area contributed by atoms with Crippen LogP contribution in [-0.4, -0.2) is 58.9 Å². The van der Waals surface area contributed by atoms with Gasteiger partial charge in [-0.2, -0.15) is 0 Å². The second kappa shape index (κ2) is 5.07. The van der Waals surface area contributed by atoms with Crippen molar-refractivity contribution in [3.05, 3.63) is 0 Å². The van der Waals surface area contributed by atoms with E-state index in [0.717, 1.165) is 6.54 Å². The zero-order valence-corrected chi connectivity index (χ0v) is 11.5. The average Bonchev–Trinajstić information content (AvgIpc) is 3.06. The van der Waals surface area contributed by atoms with Crippen LogP contribution in [0.4, 0.5) is 0 Å². The van der Waals surface area contributed by atoms with Crippen molar-refractivity contribution in [2.24, 2.45) is 17.8 Å². The first-order valence-corrected chi connectivity index (χ1v) is 7.31. The molecule has 3 fully saturated rings. The van der Waals surface area contributed by atoms with Crippen LogP contribution in [0.3, 0.4) is 0 Å². The molecule has 3 rings (SSSR count). The third kappa shape index (κ3) is 2.78. The molecule has 2 amide bonds. The van der Waals surface area contributed by atoms with Crippen LogP contribution in [-0.2, 0) is 14.4 Å². The van der Waals surface area contributed by atoms with E-state index in [4.69, 9.17) is 5.11 Å².